The van der Waals surface area contributed by atoms with Gasteiger partial charge in [-0.05, 0) is 6.92 Å². The van der Waals surface area contributed by atoms with Crippen LogP contribution < -0.4 is 0 Å². The number of ether oxygens (including phenoxy) is 7. The van der Waals surface area contributed by atoms with Gasteiger partial charge in [-0.2, -0.15) is 0 Å². The second-order valence-electron chi connectivity index (χ2n) is 6.80. The molecule has 10 atom stereocenters. The molecule has 0 aromatic heterocycles. The zero-order valence-corrected chi connectivity index (χ0v) is 16.9. The van der Waals surface area contributed by atoms with Gasteiger partial charge in [0.1, 0.15) is 62.4 Å². The lowest BCUT2D eigenvalue weighted by molar-refractivity contribution is -0.369. The summed E-state index contributed by atoms with van der Waals surface area (Å²) in [5.41, 5.74) is 0. The van der Waals surface area contributed by atoms with E-state index in [2.05, 4.69) is 0 Å². The molecule has 0 aromatic rings. The SMILES string of the molecule is CCOC1OC(COCO)[C@@H](O)C(O)[C@@H]1O[C@@H]1OC(COCO)[C@@H](OC)C(O)[C@@H]1O. The minimum atomic E-state index is -1.57. The second kappa shape index (κ2) is 12.5. The van der Waals surface area contributed by atoms with E-state index in [0.717, 1.165) is 0 Å². The Morgan fingerprint density at radius 2 is 1.30 bits per heavy atom. The van der Waals surface area contributed by atoms with Crippen molar-refractivity contribution < 1.29 is 63.8 Å². The maximum atomic E-state index is 10.6. The molecule has 2 fully saturated rings. The van der Waals surface area contributed by atoms with Crippen LogP contribution in [0, 0.1) is 0 Å². The average Bonchev–Trinajstić information content (AvgIpc) is 2.74. The van der Waals surface area contributed by atoms with Gasteiger partial charge < -0.3 is 63.8 Å². The number of methoxy groups -OCH3 is 1. The van der Waals surface area contributed by atoms with Gasteiger partial charge in [0.05, 0.1) is 13.2 Å². The van der Waals surface area contributed by atoms with Crippen LogP contribution in [0.15, 0.2) is 0 Å². The largest absolute Gasteiger partial charge is 0.387 e. The van der Waals surface area contributed by atoms with Crippen molar-refractivity contribution in [2.45, 2.75) is 68.3 Å². The molecular formula is C17H32O13. The molecule has 2 aliphatic heterocycles. The molecular weight excluding hydrogens is 412 g/mol. The molecule has 5 unspecified atom stereocenters. The lowest BCUT2D eigenvalue weighted by Gasteiger charge is -2.46. The van der Waals surface area contributed by atoms with Crippen molar-refractivity contribution in [1.29, 1.82) is 0 Å². The van der Waals surface area contributed by atoms with Crippen LogP contribution in [0.4, 0.5) is 0 Å². The van der Waals surface area contributed by atoms with Crippen LogP contribution in [0.3, 0.4) is 0 Å². The normalized spacial score (nSPS) is 42.4. The number of aliphatic hydroxyl groups is 6. The topological polar surface area (TPSA) is 186 Å². The summed E-state index contributed by atoms with van der Waals surface area (Å²) in [4.78, 5) is 0. The standard InChI is InChI=1S/C17H32O13/c1-3-27-17-15(11(21)10(20)8(28-17)4-25-6-18)30-16-13(23)12(22)14(24-2)9(29-16)5-26-7-19/h8-23H,3-7H2,1-2H3/t8?,9?,10-,11?,12?,13+,14-,15+,16+,17?/m1/s1. The summed E-state index contributed by atoms with van der Waals surface area (Å²) in [6, 6.07) is 0. The fourth-order valence-corrected chi connectivity index (χ4v) is 3.42. The van der Waals surface area contributed by atoms with E-state index in [9.17, 15) is 20.4 Å². The number of aliphatic hydroxyl groups excluding tert-OH is 6. The van der Waals surface area contributed by atoms with E-state index in [4.69, 9.17) is 43.4 Å². The first kappa shape index (κ1) is 25.7. The lowest BCUT2D eigenvalue weighted by atomic mass is 9.97. The number of hydrogen-bond acceptors (Lipinski definition) is 13. The van der Waals surface area contributed by atoms with Crippen molar-refractivity contribution in [3.8, 4) is 0 Å². The Morgan fingerprint density at radius 1 is 0.733 bits per heavy atom. The quantitative estimate of drug-likeness (QED) is 0.171. The predicted molar refractivity (Wildman–Crippen MR) is 94.7 cm³/mol. The minimum absolute atomic E-state index is 0.166. The highest BCUT2D eigenvalue weighted by atomic mass is 16.8. The highest BCUT2D eigenvalue weighted by Gasteiger charge is 2.51. The third kappa shape index (κ3) is 6.04. The monoisotopic (exact) mass is 444 g/mol. The first-order chi connectivity index (χ1) is 14.4. The molecule has 0 bridgehead atoms. The van der Waals surface area contributed by atoms with E-state index in [-0.39, 0.29) is 19.8 Å². The van der Waals surface area contributed by atoms with Gasteiger partial charge in [-0.15, -0.1) is 0 Å². The van der Waals surface area contributed by atoms with Crippen LogP contribution in [0.5, 0.6) is 0 Å². The van der Waals surface area contributed by atoms with Gasteiger partial charge in [-0.1, -0.05) is 0 Å². The molecule has 0 amide bonds. The summed E-state index contributed by atoms with van der Waals surface area (Å²) in [5.74, 6) is 0. The van der Waals surface area contributed by atoms with E-state index in [1.165, 1.54) is 7.11 Å². The lowest BCUT2D eigenvalue weighted by Crippen LogP contribution is -2.65. The highest BCUT2D eigenvalue weighted by molar-refractivity contribution is 4.94. The second-order valence-corrected chi connectivity index (χ2v) is 6.80. The molecule has 13 heteroatoms. The van der Waals surface area contributed by atoms with E-state index >= 15 is 0 Å². The molecule has 2 heterocycles. The molecule has 0 saturated carbocycles. The Kier molecular flexibility index (Phi) is 10.7. The fourth-order valence-electron chi connectivity index (χ4n) is 3.42. The van der Waals surface area contributed by atoms with Gasteiger partial charge in [0.15, 0.2) is 12.6 Å². The predicted octanol–water partition coefficient (Wildman–Crippen LogP) is -3.75. The van der Waals surface area contributed by atoms with Gasteiger partial charge in [-0.25, -0.2) is 0 Å². The average molecular weight is 444 g/mol. The van der Waals surface area contributed by atoms with E-state index in [1.807, 2.05) is 0 Å². The van der Waals surface area contributed by atoms with Crippen LogP contribution in [0.2, 0.25) is 0 Å². The smallest absolute Gasteiger partial charge is 0.187 e. The molecule has 0 aromatic carbocycles. The van der Waals surface area contributed by atoms with Crippen molar-refractivity contribution in [3.63, 3.8) is 0 Å². The third-order valence-electron chi connectivity index (χ3n) is 4.93. The van der Waals surface area contributed by atoms with Gasteiger partial charge in [-0.3, -0.25) is 0 Å². The van der Waals surface area contributed by atoms with E-state index in [1.54, 1.807) is 6.92 Å². The Hall–Kier alpha value is -0.520. The Bertz CT molecular complexity index is 483. The third-order valence-corrected chi connectivity index (χ3v) is 4.93. The maximum absolute atomic E-state index is 10.6. The summed E-state index contributed by atoms with van der Waals surface area (Å²) in [5, 5.41) is 59.3. The van der Waals surface area contributed by atoms with Crippen molar-refractivity contribution in [3.05, 3.63) is 0 Å². The zero-order valence-electron chi connectivity index (χ0n) is 16.9. The number of hydrogen-bond donors (Lipinski definition) is 6. The van der Waals surface area contributed by atoms with Gasteiger partial charge in [0.2, 0.25) is 0 Å². The van der Waals surface area contributed by atoms with E-state index in [0.29, 0.717) is 0 Å². The van der Waals surface area contributed by atoms with Crippen molar-refractivity contribution in [2.75, 3.05) is 40.5 Å². The first-order valence-electron chi connectivity index (χ1n) is 9.59. The molecule has 178 valence electrons. The van der Waals surface area contributed by atoms with Crippen molar-refractivity contribution in [2.24, 2.45) is 0 Å². The van der Waals surface area contributed by atoms with Crippen LogP contribution in [-0.4, -0.2) is 133 Å². The zero-order chi connectivity index (χ0) is 22.3. The van der Waals surface area contributed by atoms with E-state index < -0.39 is 75.0 Å². The first-order valence-corrected chi connectivity index (χ1v) is 9.59. The molecule has 30 heavy (non-hydrogen) atoms. The molecule has 6 N–H and O–H groups in total. The summed E-state index contributed by atoms with van der Waals surface area (Å²) >= 11 is 0. The molecule has 0 radical (unpaired) electrons. The summed E-state index contributed by atoms with van der Waals surface area (Å²) in [7, 11) is 1.31. The summed E-state index contributed by atoms with van der Waals surface area (Å²) in [6.07, 6.45) is -12.8. The Balaban J connectivity index is 2.13. The Labute approximate surface area is 173 Å². The van der Waals surface area contributed by atoms with Crippen molar-refractivity contribution in [1.82, 2.24) is 0 Å². The summed E-state index contributed by atoms with van der Waals surface area (Å²) < 4.78 is 37.2. The van der Waals surface area contributed by atoms with Crippen LogP contribution in [0.25, 0.3) is 0 Å². The van der Waals surface area contributed by atoms with Crippen molar-refractivity contribution >= 4 is 0 Å². The maximum Gasteiger partial charge on any atom is 0.187 e. The van der Waals surface area contributed by atoms with Gasteiger partial charge >= 0.3 is 0 Å². The number of rotatable bonds is 11. The van der Waals surface area contributed by atoms with Crippen LogP contribution in [-0.2, 0) is 33.2 Å². The molecule has 2 rings (SSSR count). The molecule has 2 saturated heterocycles. The minimum Gasteiger partial charge on any atom is -0.387 e. The molecule has 2 aliphatic rings. The van der Waals surface area contributed by atoms with Gasteiger partial charge in [0, 0.05) is 13.7 Å². The van der Waals surface area contributed by atoms with Crippen LogP contribution >= 0.6 is 0 Å². The summed E-state index contributed by atoms with van der Waals surface area (Å²) in [6.45, 7) is 0.294. The highest BCUT2D eigenvalue weighted by Crippen LogP contribution is 2.30. The van der Waals surface area contributed by atoms with Gasteiger partial charge in [0.25, 0.3) is 0 Å². The molecule has 0 spiro atoms. The Morgan fingerprint density at radius 3 is 1.87 bits per heavy atom. The molecule has 0 aliphatic carbocycles. The fraction of sp³-hybridized carbons (Fsp3) is 1.00. The molecule has 13 nitrogen and oxygen atoms in total. The van der Waals surface area contributed by atoms with Crippen LogP contribution in [0.1, 0.15) is 6.92 Å².